The predicted octanol–water partition coefficient (Wildman–Crippen LogP) is 3.26. The van der Waals surface area contributed by atoms with Gasteiger partial charge in [-0.15, -0.1) is 0 Å². The van der Waals surface area contributed by atoms with E-state index in [0.717, 1.165) is 12.8 Å². The Bertz CT molecular complexity index is 512. The number of fused-ring (bicyclic) bond motifs is 1. The summed E-state index contributed by atoms with van der Waals surface area (Å²) in [6.45, 7) is 0. The zero-order chi connectivity index (χ0) is 11.0. The van der Waals surface area contributed by atoms with Crippen molar-refractivity contribution in [3.8, 4) is 0 Å². The van der Waals surface area contributed by atoms with Crippen molar-refractivity contribution in [3.63, 3.8) is 0 Å². The van der Waals surface area contributed by atoms with Crippen LogP contribution in [-0.2, 0) is 6.42 Å². The van der Waals surface area contributed by atoms with Crippen molar-refractivity contribution < 1.29 is 0 Å². The van der Waals surface area contributed by atoms with E-state index in [1.165, 1.54) is 29.2 Å². The fourth-order valence-corrected chi connectivity index (χ4v) is 2.20. The highest BCUT2D eigenvalue weighted by molar-refractivity contribution is 5.82. The molecule has 1 saturated carbocycles. The van der Waals surface area contributed by atoms with Gasteiger partial charge in [0.2, 0.25) is 0 Å². The van der Waals surface area contributed by atoms with Crippen LogP contribution in [0.3, 0.4) is 0 Å². The van der Waals surface area contributed by atoms with Gasteiger partial charge >= 0.3 is 0 Å². The zero-order valence-electron chi connectivity index (χ0n) is 9.45. The lowest BCUT2D eigenvalue weighted by Crippen LogP contribution is -2.22. The van der Waals surface area contributed by atoms with Crippen molar-refractivity contribution in [1.29, 1.82) is 0 Å². The minimum absolute atomic E-state index is 0.172. The van der Waals surface area contributed by atoms with E-state index in [-0.39, 0.29) is 5.54 Å². The molecule has 0 saturated heterocycles. The summed E-state index contributed by atoms with van der Waals surface area (Å²) in [4.78, 5) is 0. The number of aryl methyl sites for hydroxylation is 1. The Morgan fingerprint density at radius 3 is 2.50 bits per heavy atom. The second kappa shape index (κ2) is 3.60. The van der Waals surface area contributed by atoms with Gasteiger partial charge in [0.25, 0.3) is 0 Å². The minimum atomic E-state index is 0.172. The highest BCUT2D eigenvalue weighted by atomic mass is 14.8. The fraction of sp³-hybridized carbons (Fsp3) is 0.333. The first kappa shape index (κ1) is 9.86. The van der Waals surface area contributed by atoms with Crippen LogP contribution in [0.4, 0.5) is 0 Å². The van der Waals surface area contributed by atoms with Crippen LogP contribution < -0.4 is 5.73 Å². The Kier molecular flexibility index (Phi) is 2.22. The molecule has 1 nitrogen and oxygen atoms in total. The summed E-state index contributed by atoms with van der Waals surface area (Å²) in [6, 6.07) is 15.2. The van der Waals surface area contributed by atoms with Gasteiger partial charge in [-0.1, -0.05) is 42.5 Å². The molecular formula is C15H17N. The Morgan fingerprint density at radius 1 is 1.00 bits per heavy atom. The first-order valence-electron chi connectivity index (χ1n) is 6.02. The van der Waals surface area contributed by atoms with Crippen LogP contribution in [0.2, 0.25) is 0 Å². The van der Waals surface area contributed by atoms with Crippen LogP contribution in [-0.4, -0.2) is 5.54 Å². The monoisotopic (exact) mass is 211 g/mol. The van der Waals surface area contributed by atoms with Crippen molar-refractivity contribution in [3.05, 3.63) is 48.0 Å². The molecule has 2 aromatic carbocycles. The number of rotatable bonds is 3. The highest BCUT2D eigenvalue weighted by Gasteiger charge is 2.37. The van der Waals surface area contributed by atoms with E-state index in [2.05, 4.69) is 42.5 Å². The average Bonchev–Trinajstić information content (AvgIpc) is 3.05. The normalized spacial score (nSPS) is 17.6. The van der Waals surface area contributed by atoms with Crippen LogP contribution in [0.5, 0.6) is 0 Å². The van der Waals surface area contributed by atoms with E-state index in [4.69, 9.17) is 5.73 Å². The summed E-state index contributed by atoms with van der Waals surface area (Å²) in [6.07, 6.45) is 4.66. The van der Waals surface area contributed by atoms with Crippen LogP contribution >= 0.6 is 0 Å². The molecule has 2 aromatic rings. The van der Waals surface area contributed by atoms with Crippen molar-refractivity contribution >= 4 is 10.8 Å². The lowest BCUT2D eigenvalue weighted by Gasteiger charge is -2.08. The van der Waals surface area contributed by atoms with E-state index in [1.807, 2.05) is 0 Å². The van der Waals surface area contributed by atoms with Gasteiger partial charge in [0, 0.05) is 5.54 Å². The van der Waals surface area contributed by atoms with E-state index in [9.17, 15) is 0 Å². The van der Waals surface area contributed by atoms with Gasteiger partial charge in [-0.05, 0) is 42.0 Å². The molecule has 1 heteroatoms. The second-order valence-corrected chi connectivity index (χ2v) is 5.04. The van der Waals surface area contributed by atoms with Gasteiger partial charge in [-0.2, -0.15) is 0 Å². The molecule has 1 fully saturated rings. The second-order valence-electron chi connectivity index (χ2n) is 5.04. The summed E-state index contributed by atoms with van der Waals surface area (Å²) in [5, 5.41) is 2.65. The molecule has 0 heterocycles. The maximum absolute atomic E-state index is 6.11. The topological polar surface area (TPSA) is 26.0 Å². The maximum atomic E-state index is 6.11. The largest absolute Gasteiger partial charge is 0.325 e. The Labute approximate surface area is 96.3 Å². The van der Waals surface area contributed by atoms with Crippen molar-refractivity contribution in [1.82, 2.24) is 0 Å². The van der Waals surface area contributed by atoms with Gasteiger partial charge in [0.05, 0.1) is 0 Å². The number of nitrogens with two attached hydrogens (primary N) is 1. The molecule has 82 valence electrons. The molecule has 1 aliphatic carbocycles. The highest BCUT2D eigenvalue weighted by Crippen LogP contribution is 2.36. The maximum Gasteiger partial charge on any atom is 0.0158 e. The molecule has 0 unspecified atom stereocenters. The molecule has 2 N–H and O–H groups in total. The van der Waals surface area contributed by atoms with E-state index in [1.54, 1.807) is 0 Å². The first-order valence-corrected chi connectivity index (χ1v) is 6.02. The molecule has 16 heavy (non-hydrogen) atoms. The fourth-order valence-electron chi connectivity index (χ4n) is 2.20. The summed E-state index contributed by atoms with van der Waals surface area (Å²) in [7, 11) is 0. The number of hydrogen-bond acceptors (Lipinski definition) is 1. The lowest BCUT2D eigenvalue weighted by atomic mass is 10.0. The summed E-state index contributed by atoms with van der Waals surface area (Å²) in [5.74, 6) is 0. The molecule has 3 rings (SSSR count). The summed E-state index contributed by atoms with van der Waals surface area (Å²) >= 11 is 0. The molecule has 0 atom stereocenters. The molecular weight excluding hydrogens is 194 g/mol. The van der Waals surface area contributed by atoms with E-state index < -0.39 is 0 Å². The third kappa shape index (κ3) is 1.96. The third-order valence-electron chi connectivity index (χ3n) is 3.62. The van der Waals surface area contributed by atoms with Gasteiger partial charge in [0.1, 0.15) is 0 Å². The Morgan fingerprint density at radius 2 is 1.75 bits per heavy atom. The van der Waals surface area contributed by atoms with Crippen LogP contribution in [0, 0.1) is 0 Å². The molecule has 1 aliphatic rings. The third-order valence-corrected chi connectivity index (χ3v) is 3.62. The van der Waals surface area contributed by atoms with Gasteiger partial charge in [-0.3, -0.25) is 0 Å². The number of hydrogen-bond donors (Lipinski definition) is 1. The van der Waals surface area contributed by atoms with E-state index >= 15 is 0 Å². The predicted molar refractivity (Wildman–Crippen MR) is 68.4 cm³/mol. The van der Waals surface area contributed by atoms with Crippen molar-refractivity contribution in [2.45, 2.75) is 31.2 Å². The minimum Gasteiger partial charge on any atom is -0.325 e. The molecule has 0 radical (unpaired) electrons. The standard InChI is InChI=1S/C15H17N/c16-15(9-10-15)8-7-12-5-6-13-3-1-2-4-14(13)11-12/h1-6,11H,7-10,16H2. The van der Waals surface area contributed by atoms with Crippen molar-refractivity contribution in [2.24, 2.45) is 5.73 Å². The zero-order valence-corrected chi connectivity index (χ0v) is 9.45. The van der Waals surface area contributed by atoms with Crippen LogP contribution in [0.15, 0.2) is 42.5 Å². The molecule has 0 amide bonds. The molecule has 0 aliphatic heterocycles. The van der Waals surface area contributed by atoms with Gasteiger partial charge in [-0.25, -0.2) is 0 Å². The molecule has 0 bridgehead atoms. The van der Waals surface area contributed by atoms with Crippen molar-refractivity contribution in [2.75, 3.05) is 0 Å². The number of benzene rings is 2. The van der Waals surface area contributed by atoms with Gasteiger partial charge in [0.15, 0.2) is 0 Å². The summed E-state index contributed by atoms with van der Waals surface area (Å²) < 4.78 is 0. The first-order chi connectivity index (χ1) is 7.75. The van der Waals surface area contributed by atoms with E-state index in [0.29, 0.717) is 0 Å². The summed E-state index contributed by atoms with van der Waals surface area (Å²) in [5.41, 5.74) is 7.69. The SMILES string of the molecule is NC1(CCc2ccc3ccccc3c2)CC1. The average molecular weight is 211 g/mol. The van der Waals surface area contributed by atoms with Crippen LogP contribution in [0.1, 0.15) is 24.8 Å². The Balaban J connectivity index is 1.81. The molecule has 0 spiro atoms. The van der Waals surface area contributed by atoms with Crippen LogP contribution in [0.25, 0.3) is 10.8 Å². The molecule has 0 aromatic heterocycles. The Hall–Kier alpha value is -1.34. The smallest absolute Gasteiger partial charge is 0.0158 e. The van der Waals surface area contributed by atoms with Gasteiger partial charge < -0.3 is 5.73 Å². The quantitative estimate of drug-likeness (QED) is 0.828. The lowest BCUT2D eigenvalue weighted by molar-refractivity contribution is 0.609.